The first-order chi connectivity index (χ1) is 25.3. The number of ether oxygens (including phenoxy) is 3. The van der Waals surface area contributed by atoms with Crippen LogP contribution in [0.2, 0.25) is 0 Å². The number of aliphatic hydroxyl groups is 1. The number of nitro groups is 1. The second-order valence-electron chi connectivity index (χ2n) is 13.5. The predicted molar refractivity (Wildman–Crippen MR) is 192 cm³/mol. The quantitative estimate of drug-likeness (QED) is 0.101. The molecule has 14 nitrogen and oxygen atoms in total. The Morgan fingerprint density at radius 2 is 1.83 bits per heavy atom. The van der Waals surface area contributed by atoms with Crippen molar-refractivity contribution < 1.29 is 43.0 Å². The van der Waals surface area contributed by atoms with Crippen LogP contribution < -0.4 is 9.64 Å². The molecule has 15 heteroatoms. The lowest BCUT2D eigenvalue weighted by atomic mass is 9.91. The van der Waals surface area contributed by atoms with Crippen molar-refractivity contribution in [2.45, 2.75) is 64.9 Å². The lowest BCUT2D eigenvalue weighted by molar-refractivity contribution is -0.384. The Bertz CT molecular complexity index is 1810. The first kappa shape index (κ1) is 38.7. The van der Waals surface area contributed by atoms with Crippen LogP contribution >= 0.6 is 0 Å². The van der Waals surface area contributed by atoms with Crippen molar-refractivity contribution in [1.82, 2.24) is 14.7 Å². The van der Waals surface area contributed by atoms with Crippen LogP contribution in [0.3, 0.4) is 0 Å². The SMILES string of the molecule is C/C(=C\c1cc(F)cc(N2CCN(C(=O)Cn3cccn3)CC2)c1)[C@H]1OC(=O)C[C@H](O)CC[C@H](C)[C@@H](OC(=O)Oc2ccc([N+](=O)[O-])cc2)/C=C/[C@@H]1C. The molecule has 3 heterocycles. The van der Waals surface area contributed by atoms with Crippen molar-refractivity contribution in [3.05, 3.63) is 100 Å². The molecule has 282 valence electrons. The molecular weight excluding hydrogens is 689 g/mol. The van der Waals surface area contributed by atoms with E-state index in [0.717, 1.165) is 0 Å². The number of cyclic esters (lactones) is 1. The van der Waals surface area contributed by atoms with Crippen LogP contribution in [-0.4, -0.2) is 87.2 Å². The van der Waals surface area contributed by atoms with Gasteiger partial charge in [0.1, 0.15) is 30.3 Å². The number of nitrogens with zero attached hydrogens (tertiary/aromatic N) is 5. The van der Waals surface area contributed by atoms with Gasteiger partial charge in [-0.1, -0.05) is 26.0 Å². The number of carbonyl (C=O) groups excluding carboxylic acids is 3. The molecule has 5 rings (SSSR count). The molecule has 0 unspecified atom stereocenters. The monoisotopic (exact) mass is 733 g/mol. The van der Waals surface area contributed by atoms with Gasteiger partial charge < -0.3 is 29.1 Å². The second kappa shape index (κ2) is 17.8. The van der Waals surface area contributed by atoms with Gasteiger partial charge in [-0.3, -0.25) is 24.4 Å². The summed E-state index contributed by atoms with van der Waals surface area (Å²) in [5.41, 5.74) is 1.68. The van der Waals surface area contributed by atoms with Gasteiger partial charge in [0.2, 0.25) is 5.91 Å². The number of esters is 1. The highest BCUT2D eigenvalue weighted by Gasteiger charge is 2.28. The van der Waals surface area contributed by atoms with E-state index in [0.29, 0.717) is 49.4 Å². The normalized spacial score (nSPS) is 23.6. The van der Waals surface area contributed by atoms with Gasteiger partial charge in [-0.2, -0.15) is 5.10 Å². The molecule has 0 saturated carbocycles. The molecule has 5 atom stereocenters. The van der Waals surface area contributed by atoms with Gasteiger partial charge in [-0.15, -0.1) is 0 Å². The van der Waals surface area contributed by atoms with E-state index in [1.807, 2.05) is 24.8 Å². The van der Waals surface area contributed by atoms with Crippen LogP contribution in [0.5, 0.6) is 5.75 Å². The molecule has 1 aromatic heterocycles. The number of nitro benzene ring substituents is 1. The molecule has 2 aliphatic heterocycles. The topological polar surface area (TPSA) is 167 Å². The Labute approximate surface area is 306 Å². The highest BCUT2D eigenvalue weighted by atomic mass is 19.1. The number of non-ortho nitro benzene ring substituents is 1. The molecule has 0 aliphatic carbocycles. The molecule has 0 radical (unpaired) electrons. The number of piperazine rings is 1. The van der Waals surface area contributed by atoms with Gasteiger partial charge in [0.05, 0.1) is 17.4 Å². The molecule has 53 heavy (non-hydrogen) atoms. The van der Waals surface area contributed by atoms with E-state index >= 15 is 4.39 Å². The van der Waals surface area contributed by atoms with Crippen LogP contribution in [0.25, 0.3) is 6.08 Å². The fraction of sp³-hybridized carbons (Fsp3) is 0.421. The summed E-state index contributed by atoms with van der Waals surface area (Å²) in [4.78, 5) is 52.6. The molecule has 1 fully saturated rings. The van der Waals surface area contributed by atoms with Crippen LogP contribution in [-0.2, 0) is 25.6 Å². The maximum atomic E-state index is 15.0. The first-order valence-corrected chi connectivity index (χ1v) is 17.5. The van der Waals surface area contributed by atoms with E-state index < -0.39 is 47.1 Å². The number of hydrogen-bond donors (Lipinski definition) is 1. The average Bonchev–Trinajstić information content (AvgIpc) is 3.63. The van der Waals surface area contributed by atoms with Crippen LogP contribution in [0.15, 0.2) is 78.6 Å². The lowest BCUT2D eigenvalue weighted by Crippen LogP contribution is -2.49. The van der Waals surface area contributed by atoms with Crippen LogP contribution in [0, 0.1) is 27.8 Å². The van der Waals surface area contributed by atoms with E-state index in [2.05, 4.69) is 5.10 Å². The van der Waals surface area contributed by atoms with Crippen LogP contribution in [0.1, 0.15) is 45.6 Å². The predicted octanol–water partition coefficient (Wildman–Crippen LogP) is 5.55. The number of aliphatic hydroxyl groups excluding tert-OH is 1. The third-order valence-corrected chi connectivity index (χ3v) is 9.34. The van der Waals surface area contributed by atoms with Gasteiger partial charge in [-0.25, -0.2) is 9.18 Å². The highest BCUT2D eigenvalue weighted by molar-refractivity contribution is 5.76. The third-order valence-electron chi connectivity index (χ3n) is 9.34. The molecule has 2 aromatic carbocycles. The van der Waals surface area contributed by atoms with Gasteiger partial charge in [0.25, 0.3) is 5.69 Å². The Kier molecular flexibility index (Phi) is 13.0. The van der Waals surface area contributed by atoms with Crippen molar-refractivity contribution in [2.75, 3.05) is 31.1 Å². The average molecular weight is 734 g/mol. The van der Waals surface area contributed by atoms with Crippen molar-refractivity contribution in [3.63, 3.8) is 0 Å². The summed E-state index contributed by atoms with van der Waals surface area (Å²) < 4.78 is 33.4. The van der Waals surface area contributed by atoms with Gasteiger partial charge in [0, 0.05) is 62.3 Å². The fourth-order valence-corrected chi connectivity index (χ4v) is 6.37. The van der Waals surface area contributed by atoms with Gasteiger partial charge in [0.15, 0.2) is 0 Å². The maximum Gasteiger partial charge on any atom is 0.514 e. The number of rotatable bonds is 8. The molecule has 1 N–H and O–H groups in total. The minimum absolute atomic E-state index is 0.0383. The van der Waals surface area contributed by atoms with E-state index in [4.69, 9.17) is 14.2 Å². The number of benzene rings is 2. The Morgan fingerprint density at radius 3 is 2.51 bits per heavy atom. The zero-order chi connectivity index (χ0) is 38.1. The zero-order valence-corrected chi connectivity index (χ0v) is 29.9. The number of carbonyl (C=O) groups is 3. The smallest absolute Gasteiger partial charge is 0.457 e. The summed E-state index contributed by atoms with van der Waals surface area (Å²) in [7, 11) is 0. The zero-order valence-electron chi connectivity index (χ0n) is 29.9. The molecule has 0 spiro atoms. The minimum atomic E-state index is -1.01. The van der Waals surface area contributed by atoms with E-state index in [1.165, 1.54) is 36.4 Å². The molecular formula is C38H44FN5O9. The number of hydrogen-bond acceptors (Lipinski definition) is 11. The fourth-order valence-electron chi connectivity index (χ4n) is 6.37. The summed E-state index contributed by atoms with van der Waals surface area (Å²) in [6.45, 7) is 7.60. The number of halogens is 1. The van der Waals surface area contributed by atoms with Crippen molar-refractivity contribution >= 4 is 35.5 Å². The Balaban J connectivity index is 1.29. The molecule has 1 saturated heterocycles. The first-order valence-electron chi connectivity index (χ1n) is 17.5. The molecule has 3 aromatic rings. The molecule has 0 bridgehead atoms. The summed E-state index contributed by atoms with van der Waals surface area (Å²) in [5.74, 6) is -1.70. The second-order valence-corrected chi connectivity index (χ2v) is 13.5. The van der Waals surface area contributed by atoms with Crippen LogP contribution in [0.4, 0.5) is 20.6 Å². The standard InChI is InChI=1S/C38H44FN5O9/c1-25-5-9-32(45)23-36(47)53-37(26(2)6-12-34(25)52-38(48)51-33-10-7-30(8-11-33)44(49)50)27(3)19-28-20-29(39)22-31(21-28)41-15-17-42(18-16-41)35(46)24-43-14-4-13-40-43/h4,6-8,10-14,19-22,25-26,32,34,37,45H,5,9,15-18,23-24H2,1-3H3/b12-6+,27-19+/t25-,26-,32+,34-,37-/m0/s1. The number of aromatic nitrogens is 2. The number of amides is 1. The minimum Gasteiger partial charge on any atom is -0.457 e. The molecule has 1 amide bonds. The summed E-state index contributed by atoms with van der Waals surface area (Å²) in [6.07, 6.45) is 5.42. The summed E-state index contributed by atoms with van der Waals surface area (Å²) in [5, 5.41) is 25.7. The van der Waals surface area contributed by atoms with Crippen molar-refractivity contribution in [1.29, 1.82) is 0 Å². The van der Waals surface area contributed by atoms with E-state index in [1.54, 1.807) is 53.2 Å². The number of anilines is 1. The van der Waals surface area contributed by atoms with Gasteiger partial charge >= 0.3 is 12.1 Å². The van der Waals surface area contributed by atoms with E-state index in [-0.39, 0.29) is 42.6 Å². The lowest BCUT2D eigenvalue weighted by Gasteiger charge is -2.36. The Morgan fingerprint density at radius 1 is 1.09 bits per heavy atom. The maximum absolute atomic E-state index is 15.0. The van der Waals surface area contributed by atoms with Gasteiger partial charge in [-0.05, 0) is 79.3 Å². The largest absolute Gasteiger partial charge is 0.514 e. The summed E-state index contributed by atoms with van der Waals surface area (Å²) >= 11 is 0. The third kappa shape index (κ3) is 11.0. The Hall–Kier alpha value is -5.57. The summed E-state index contributed by atoms with van der Waals surface area (Å²) in [6, 6.07) is 11.5. The van der Waals surface area contributed by atoms with Crippen molar-refractivity contribution in [2.24, 2.45) is 11.8 Å². The highest BCUT2D eigenvalue weighted by Crippen LogP contribution is 2.28. The van der Waals surface area contributed by atoms with Crippen molar-refractivity contribution in [3.8, 4) is 5.75 Å². The van der Waals surface area contributed by atoms with E-state index in [9.17, 15) is 29.6 Å². The molecule has 2 aliphatic rings.